The van der Waals surface area contributed by atoms with Crippen LogP contribution in [0.4, 0.5) is 0 Å². The van der Waals surface area contributed by atoms with Crippen molar-refractivity contribution in [1.82, 2.24) is 14.9 Å². The second kappa shape index (κ2) is 5.57. The van der Waals surface area contributed by atoms with Crippen molar-refractivity contribution >= 4 is 15.7 Å². The Morgan fingerprint density at radius 1 is 1.36 bits per heavy atom. The number of fused-ring (bicyclic) bond motifs is 1. The Morgan fingerprint density at radius 2 is 2.14 bits per heavy atom. The van der Waals surface area contributed by atoms with Gasteiger partial charge < -0.3 is 9.88 Å². The summed E-state index contributed by atoms with van der Waals surface area (Å²) >= 11 is 0. The third-order valence-corrected chi connectivity index (χ3v) is 4.96. The third-order valence-electron chi connectivity index (χ3n) is 3.80. The first-order valence-electron chi connectivity index (χ1n) is 7.05. The zero-order chi connectivity index (χ0) is 15.7. The molecule has 0 bridgehead atoms. The number of nitrogens with zero attached hydrogens (tertiary/aromatic N) is 2. The summed E-state index contributed by atoms with van der Waals surface area (Å²) in [6, 6.07) is 6.25. The van der Waals surface area contributed by atoms with Gasteiger partial charge in [-0.25, -0.2) is 13.4 Å². The molecule has 22 heavy (non-hydrogen) atoms. The van der Waals surface area contributed by atoms with Crippen molar-refractivity contribution in [2.75, 3.05) is 6.26 Å². The molecule has 2 aromatic rings. The highest BCUT2D eigenvalue weighted by Crippen LogP contribution is 2.17. The van der Waals surface area contributed by atoms with Crippen molar-refractivity contribution in [3.63, 3.8) is 0 Å². The Bertz CT molecular complexity index is 811. The maximum absolute atomic E-state index is 12.4. The zero-order valence-corrected chi connectivity index (χ0v) is 13.0. The Kier molecular flexibility index (Phi) is 3.74. The fourth-order valence-corrected chi connectivity index (χ4v) is 3.61. The maximum atomic E-state index is 12.4. The Hall–Kier alpha value is -2.15. The summed E-state index contributed by atoms with van der Waals surface area (Å²) in [5.41, 5.74) is 0.196. The molecule has 0 spiro atoms. The normalized spacial score (nSPS) is 17.8. The molecule has 1 N–H and O–H groups in total. The molecule has 1 atom stereocenters. The van der Waals surface area contributed by atoms with E-state index >= 15 is 0 Å². The van der Waals surface area contributed by atoms with Gasteiger partial charge in [-0.2, -0.15) is 0 Å². The lowest BCUT2D eigenvalue weighted by Crippen LogP contribution is -2.41. The number of imidazole rings is 1. The average Bonchev–Trinajstić information content (AvgIpc) is 2.94. The summed E-state index contributed by atoms with van der Waals surface area (Å²) in [5.74, 6) is 0.664. The number of sulfone groups is 1. The summed E-state index contributed by atoms with van der Waals surface area (Å²) < 4.78 is 25.6. The molecule has 1 aromatic carbocycles. The second-order valence-corrected chi connectivity index (χ2v) is 7.46. The molecule has 2 heterocycles. The van der Waals surface area contributed by atoms with Crippen molar-refractivity contribution in [2.24, 2.45) is 0 Å². The molecular formula is C15H17N3O3S. The molecule has 6 nitrogen and oxygen atoms in total. The summed E-state index contributed by atoms with van der Waals surface area (Å²) in [6.45, 7) is 0.655. The van der Waals surface area contributed by atoms with Crippen LogP contribution < -0.4 is 5.32 Å². The fourth-order valence-electron chi connectivity index (χ4n) is 2.73. The number of amides is 1. The molecule has 116 valence electrons. The van der Waals surface area contributed by atoms with E-state index in [-0.39, 0.29) is 22.4 Å². The van der Waals surface area contributed by atoms with Crippen LogP contribution in [0.2, 0.25) is 0 Å². The van der Waals surface area contributed by atoms with E-state index in [1.54, 1.807) is 18.3 Å². The van der Waals surface area contributed by atoms with E-state index < -0.39 is 9.84 Å². The highest BCUT2D eigenvalue weighted by molar-refractivity contribution is 7.90. The molecule has 0 fully saturated rings. The Labute approximate surface area is 129 Å². The fraction of sp³-hybridized carbons (Fsp3) is 0.333. The Balaban J connectivity index is 1.79. The van der Waals surface area contributed by atoms with Crippen molar-refractivity contribution in [2.45, 2.75) is 30.3 Å². The lowest BCUT2D eigenvalue weighted by Gasteiger charge is -2.25. The molecule has 0 saturated heterocycles. The molecule has 1 aromatic heterocycles. The van der Waals surface area contributed by atoms with Crippen molar-refractivity contribution in [1.29, 1.82) is 0 Å². The van der Waals surface area contributed by atoms with Crippen LogP contribution in [-0.2, 0) is 22.8 Å². The SMILES string of the molecule is CS(=O)(=O)c1ccccc1C(=O)NC1CCc2nccn2C1. The van der Waals surface area contributed by atoms with Crippen LogP contribution in [0.1, 0.15) is 22.6 Å². The summed E-state index contributed by atoms with van der Waals surface area (Å²) in [7, 11) is -3.44. The van der Waals surface area contributed by atoms with E-state index in [4.69, 9.17) is 0 Å². The monoisotopic (exact) mass is 319 g/mol. The highest BCUT2D eigenvalue weighted by Gasteiger charge is 2.23. The van der Waals surface area contributed by atoms with E-state index in [1.807, 2.05) is 10.8 Å². The van der Waals surface area contributed by atoms with Gasteiger partial charge in [-0.15, -0.1) is 0 Å². The number of aryl methyl sites for hydroxylation is 1. The van der Waals surface area contributed by atoms with Crippen molar-refractivity contribution in [3.05, 3.63) is 48.0 Å². The number of hydrogen-bond donors (Lipinski definition) is 1. The van der Waals surface area contributed by atoms with E-state index in [2.05, 4.69) is 10.3 Å². The molecule has 0 saturated carbocycles. The van der Waals surface area contributed by atoms with Gasteiger partial charge in [0.15, 0.2) is 9.84 Å². The van der Waals surface area contributed by atoms with Gasteiger partial charge in [0.1, 0.15) is 5.82 Å². The van der Waals surface area contributed by atoms with Crippen LogP contribution in [0, 0.1) is 0 Å². The van der Waals surface area contributed by atoms with E-state index in [0.717, 1.165) is 24.9 Å². The Morgan fingerprint density at radius 3 is 2.91 bits per heavy atom. The van der Waals surface area contributed by atoms with E-state index in [1.165, 1.54) is 12.1 Å². The molecule has 7 heteroatoms. The van der Waals surface area contributed by atoms with Crippen LogP contribution in [-0.4, -0.2) is 36.2 Å². The maximum Gasteiger partial charge on any atom is 0.252 e. The summed E-state index contributed by atoms with van der Waals surface area (Å²) in [4.78, 5) is 16.7. The van der Waals surface area contributed by atoms with Crippen LogP contribution in [0.3, 0.4) is 0 Å². The van der Waals surface area contributed by atoms with Gasteiger partial charge in [0.25, 0.3) is 5.91 Å². The van der Waals surface area contributed by atoms with Gasteiger partial charge >= 0.3 is 0 Å². The van der Waals surface area contributed by atoms with Gasteiger partial charge in [0.05, 0.1) is 10.5 Å². The number of hydrogen-bond acceptors (Lipinski definition) is 4. The first-order valence-corrected chi connectivity index (χ1v) is 8.94. The third kappa shape index (κ3) is 2.89. The molecule has 0 radical (unpaired) electrons. The lowest BCUT2D eigenvalue weighted by atomic mass is 10.1. The van der Waals surface area contributed by atoms with Crippen molar-refractivity contribution < 1.29 is 13.2 Å². The highest BCUT2D eigenvalue weighted by atomic mass is 32.2. The van der Waals surface area contributed by atoms with Crippen LogP contribution in [0.5, 0.6) is 0 Å². The van der Waals surface area contributed by atoms with Gasteiger partial charge in [-0.3, -0.25) is 4.79 Å². The number of benzene rings is 1. The minimum Gasteiger partial charge on any atom is -0.347 e. The number of aromatic nitrogens is 2. The van der Waals surface area contributed by atoms with Crippen LogP contribution in [0.25, 0.3) is 0 Å². The predicted molar refractivity (Wildman–Crippen MR) is 81.4 cm³/mol. The molecule has 3 rings (SSSR count). The van der Waals surface area contributed by atoms with Crippen LogP contribution >= 0.6 is 0 Å². The quantitative estimate of drug-likeness (QED) is 0.916. The second-order valence-electron chi connectivity index (χ2n) is 5.47. The topological polar surface area (TPSA) is 81.1 Å². The standard InChI is InChI=1S/C15H17N3O3S/c1-22(20,21)13-5-3-2-4-12(13)15(19)17-11-6-7-14-16-8-9-18(14)10-11/h2-5,8-9,11H,6-7,10H2,1H3,(H,17,19). The molecule has 0 aliphatic carbocycles. The number of carbonyl (C=O) groups excluding carboxylic acids is 1. The first-order chi connectivity index (χ1) is 10.4. The van der Waals surface area contributed by atoms with Gasteiger partial charge in [0.2, 0.25) is 0 Å². The summed E-state index contributed by atoms with van der Waals surface area (Å²) in [5, 5.41) is 2.93. The number of nitrogens with one attached hydrogen (secondary N) is 1. The predicted octanol–water partition coefficient (Wildman–Crippen LogP) is 1.03. The first kappa shape index (κ1) is 14.8. The number of rotatable bonds is 3. The molecule has 1 unspecified atom stereocenters. The summed E-state index contributed by atoms with van der Waals surface area (Å²) in [6.07, 6.45) is 6.34. The van der Waals surface area contributed by atoms with Gasteiger partial charge in [-0.05, 0) is 18.6 Å². The largest absolute Gasteiger partial charge is 0.347 e. The van der Waals surface area contributed by atoms with E-state index in [0.29, 0.717) is 6.54 Å². The molecular weight excluding hydrogens is 302 g/mol. The minimum absolute atomic E-state index is 0.0261. The van der Waals surface area contributed by atoms with E-state index in [9.17, 15) is 13.2 Å². The van der Waals surface area contributed by atoms with Crippen LogP contribution in [0.15, 0.2) is 41.6 Å². The molecule has 1 aliphatic heterocycles. The minimum atomic E-state index is -3.44. The van der Waals surface area contributed by atoms with Gasteiger partial charge in [-0.1, -0.05) is 12.1 Å². The zero-order valence-electron chi connectivity index (χ0n) is 12.2. The lowest BCUT2D eigenvalue weighted by molar-refractivity contribution is 0.0924. The van der Waals surface area contributed by atoms with Gasteiger partial charge in [0, 0.05) is 37.7 Å². The molecule has 1 aliphatic rings. The van der Waals surface area contributed by atoms with Crippen molar-refractivity contribution in [3.8, 4) is 0 Å². The average molecular weight is 319 g/mol. The number of carbonyl (C=O) groups is 1. The smallest absolute Gasteiger partial charge is 0.252 e. The molecule has 1 amide bonds.